The van der Waals surface area contributed by atoms with Gasteiger partial charge in [0.15, 0.2) is 35.6 Å². The van der Waals surface area contributed by atoms with Crippen molar-refractivity contribution in [3.63, 3.8) is 0 Å². The molecule has 0 atom stereocenters. The van der Waals surface area contributed by atoms with Crippen molar-refractivity contribution in [1.82, 2.24) is 0 Å². The lowest BCUT2D eigenvalue weighted by molar-refractivity contribution is 0.111. The first-order valence-corrected chi connectivity index (χ1v) is 12.2. The van der Waals surface area contributed by atoms with Crippen LogP contribution in [-0.4, -0.2) is 43.2 Å². The van der Waals surface area contributed by atoms with Crippen molar-refractivity contribution in [1.29, 1.82) is 0 Å². The van der Waals surface area contributed by atoms with Crippen molar-refractivity contribution in [2.45, 2.75) is 53.4 Å². The number of fused-ring (bicyclic) bond motifs is 2. The van der Waals surface area contributed by atoms with Gasteiger partial charge in [0.05, 0.1) is 11.1 Å². The number of aryl methyl sites for hydroxylation is 2. The van der Waals surface area contributed by atoms with E-state index in [1.807, 2.05) is 0 Å². The molecule has 0 bridgehead atoms. The van der Waals surface area contributed by atoms with Gasteiger partial charge in [-0.3, -0.25) is 9.59 Å². The maximum Gasteiger partial charge on any atom is 0.169 e. The number of hydrogen-bond donors (Lipinski definition) is 6. The first-order chi connectivity index (χ1) is 17.8. The Morgan fingerprint density at radius 3 is 1.13 bits per heavy atom. The van der Waals surface area contributed by atoms with Crippen LogP contribution in [0.2, 0.25) is 0 Å². The van der Waals surface area contributed by atoms with E-state index in [0.29, 0.717) is 45.6 Å². The number of carbonyl (C=O) groups is 2. The highest BCUT2D eigenvalue weighted by molar-refractivity contribution is 7.59. The molecule has 0 aromatic heterocycles. The first kappa shape index (κ1) is 29.4. The van der Waals surface area contributed by atoms with E-state index < -0.39 is 34.5 Å². The molecule has 0 radical (unpaired) electrons. The number of aromatic hydroxyl groups is 6. The summed E-state index contributed by atoms with van der Waals surface area (Å²) in [7, 11) is 0. The molecular weight excluding hydrogens is 520 g/mol. The SMILES string of the molecule is Cc1cc2c(C(C)C)c(O)c(O)c(C=O)c2c(O)c1-c1c(C)cc2c(C(C)C)c(O)c(O)c(C=O)c2c1O.S. The van der Waals surface area contributed by atoms with Crippen LogP contribution in [0.3, 0.4) is 0 Å². The van der Waals surface area contributed by atoms with E-state index in [-0.39, 0.29) is 58.4 Å². The molecule has 39 heavy (non-hydrogen) atoms. The van der Waals surface area contributed by atoms with Crippen LogP contribution in [0.4, 0.5) is 0 Å². The topological polar surface area (TPSA) is 156 Å². The van der Waals surface area contributed by atoms with Crippen LogP contribution >= 0.6 is 13.5 Å². The average molecular weight is 553 g/mol. The second kappa shape index (κ2) is 10.2. The summed E-state index contributed by atoms with van der Waals surface area (Å²) < 4.78 is 0. The van der Waals surface area contributed by atoms with Crippen molar-refractivity contribution < 1.29 is 40.2 Å². The molecule has 0 heterocycles. The molecule has 4 aromatic carbocycles. The normalized spacial score (nSPS) is 11.4. The van der Waals surface area contributed by atoms with Crippen LogP contribution in [0.1, 0.15) is 82.5 Å². The minimum Gasteiger partial charge on any atom is -0.507 e. The van der Waals surface area contributed by atoms with Crippen LogP contribution in [-0.2, 0) is 0 Å². The lowest BCUT2D eigenvalue weighted by atomic mass is 9.83. The summed E-state index contributed by atoms with van der Waals surface area (Å²) in [4.78, 5) is 24.0. The molecule has 206 valence electrons. The van der Waals surface area contributed by atoms with E-state index in [2.05, 4.69) is 0 Å². The summed E-state index contributed by atoms with van der Waals surface area (Å²) >= 11 is 0. The second-order valence-electron chi connectivity index (χ2n) is 10.3. The number of phenolic OH excluding ortho intramolecular Hbond substituents is 6. The molecule has 9 heteroatoms. The van der Waals surface area contributed by atoms with E-state index in [9.17, 15) is 40.2 Å². The molecule has 4 aromatic rings. The lowest BCUT2D eigenvalue weighted by Gasteiger charge is -2.23. The van der Waals surface area contributed by atoms with Crippen LogP contribution in [0.15, 0.2) is 12.1 Å². The predicted octanol–water partition coefficient (Wildman–Crippen LogP) is 6.50. The van der Waals surface area contributed by atoms with E-state index in [4.69, 9.17) is 0 Å². The van der Waals surface area contributed by atoms with E-state index in [1.54, 1.807) is 53.7 Å². The Bertz CT molecular complexity index is 1560. The fraction of sp³-hybridized carbons (Fsp3) is 0.267. The Balaban J connectivity index is 0.00000420. The predicted molar refractivity (Wildman–Crippen MR) is 156 cm³/mol. The Morgan fingerprint density at radius 2 is 0.872 bits per heavy atom. The molecule has 4 rings (SSSR count). The van der Waals surface area contributed by atoms with Crippen LogP contribution in [0.5, 0.6) is 34.5 Å². The Morgan fingerprint density at radius 1 is 0.564 bits per heavy atom. The van der Waals surface area contributed by atoms with Gasteiger partial charge in [0, 0.05) is 33.0 Å². The minimum atomic E-state index is -0.661. The molecular formula is C30H32O8S. The van der Waals surface area contributed by atoms with Crippen molar-refractivity contribution >= 4 is 47.6 Å². The molecule has 0 saturated carbocycles. The summed E-state index contributed by atoms with van der Waals surface area (Å²) in [6, 6.07) is 3.31. The molecule has 0 aliphatic heterocycles. The van der Waals surface area contributed by atoms with Gasteiger partial charge in [-0.25, -0.2) is 0 Å². The minimum absolute atomic E-state index is 0. The van der Waals surface area contributed by atoms with Crippen molar-refractivity contribution in [3.8, 4) is 45.6 Å². The average Bonchev–Trinajstić information content (AvgIpc) is 2.83. The molecule has 0 spiro atoms. The fourth-order valence-corrected chi connectivity index (χ4v) is 5.60. The van der Waals surface area contributed by atoms with Gasteiger partial charge in [-0.1, -0.05) is 39.8 Å². The van der Waals surface area contributed by atoms with Crippen LogP contribution in [0, 0.1) is 13.8 Å². The fourth-order valence-electron chi connectivity index (χ4n) is 5.60. The van der Waals surface area contributed by atoms with Gasteiger partial charge in [0.2, 0.25) is 0 Å². The first-order valence-electron chi connectivity index (χ1n) is 12.2. The van der Waals surface area contributed by atoms with Gasteiger partial charge in [0.25, 0.3) is 0 Å². The number of benzene rings is 4. The van der Waals surface area contributed by atoms with Crippen LogP contribution in [0.25, 0.3) is 32.7 Å². The molecule has 0 saturated heterocycles. The Kier molecular flexibility index (Phi) is 7.72. The maximum absolute atomic E-state index is 12.0. The summed E-state index contributed by atoms with van der Waals surface area (Å²) in [6.07, 6.45) is 0.682. The summed E-state index contributed by atoms with van der Waals surface area (Å²) in [5.41, 5.74) is 1.33. The van der Waals surface area contributed by atoms with Gasteiger partial charge in [-0.15, -0.1) is 0 Å². The summed E-state index contributed by atoms with van der Waals surface area (Å²) in [5, 5.41) is 66.4. The highest BCUT2D eigenvalue weighted by atomic mass is 32.1. The zero-order valence-electron chi connectivity index (χ0n) is 22.5. The van der Waals surface area contributed by atoms with Gasteiger partial charge < -0.3 is 30.6 Å². The largest absolute Gasteiger partial charge is 0.507 e. The van der Waals surface area contributed by atoms with Crippen molar-refractivity contribution in [3.05, 3.63) is 45.5 Å². The molecule has 6 N–H and O–H groups in total. The maximum atomic E-state index is 12.0. The van der Waals surface area contributed by atoms with E-state index >= 15 is 0 Å². The van der Waals surface area contributed by atoms with Gasteiger partial charge in [0.1, 0.15) is 11.5 Å². The molecule has 0 unspecified atom stereocenters. The van der Waals surface area contributed by atoms with Crippen LogP contribution < -0.4 is 0 Å². The molecule has 0 fully saturated rings. The van der Waals surface area contributed by atoms with E-state index in [0.717, 1.165) is 0 Å². The smallest absolute Gasteiger partial charge is 0.169 e. The number of hydrogen-bond acceptors (Lipinski definition) is 8. The van der Waals surface area contributed by atoms with Gasteiger partial charge in [-0.2, -0.15) is 13.5 Å². The van der Waals surface area contributed by atoms with Crippen molar-refractivity contribution in [2.75, 3.05) is 0 Å². The summed E-state index contributed by atoms with van der Waals surface area (Å²) in [5.74, 6) is -3.57. The highest BCUT2D eigenvalue weighted by Gasteiger charge is 2.29. The Hall–Kier alpha value is -4.11. The number of rotatable bonds is 5. The third kappa shape index (κ3) is 4.08. The lowest BCUT2D eigenvalue weighted by Crippen LogP contribution is -2.01. The third-order valence-corrected chi connectivity index (χ3v) is 7.22. The van der Waals surface area contributed by atoms with Crippen molar-refractivity contribution in [2.24, 2.45) is 0 Å². The molecule has 8 nitrogen and oxygen atoms in total. The number of phenols is 6. The molecule has 0 aliphatic rings. The zero-order valence-corrected chi connectivity index (χ0v) is 23.5. The quantitative estimate of drug-likeness (QED) is 0.121. The van der Waals surface area contributed by atoms with Gasteiger partial charge in [-0.05, 0) is 47.6 Å². The molecule has 0 amide bonds. The van der Waals surface area contributed by atoms with Gasteiger partial charge >= 0.3 is 0 Å². The standard InChI is InChI=1S/C30H30O8.H2S/c1-11(2)19-15-7-13(5)21(27(35)23(15)17(9-31)25(33)29(19)37)22-14(6)8-16-20(12(3)4)30(38)26(34)18(10-32)24(16)28(22)36;/h7-12,33-38H,1-6H3;1H2. The summed E-state index contributed by atoms with van der Waals surface area (Å²) in [6.45, 7) is 10.5. The third-order valence-electron chi connectivity index (χ3n) is 7.22. The zero-order chi connectivity index (χ0) is 28.4. The second-order valence-corrected chi connectivity index (χ2v) is 10.3. The number of carbonyl (C=O) groups excluding carboxylic acids is 2. The molecule has 0 aliphatic carbocycles. The van der Waals surface area contributed by atoms with E-state index in [1.165, 1.54) is 0 Å². The number of aldehydes is 2. The highest BCUT2D eigenvalue weighted by Crippen LogP contribution is 2.54. The monoisotopic (exact) mass is 552 g/mol. The Labute approximate surface area is 232 Å².